The number of carbonyl (C=O) groups excluding carboxylic acids is 1. The lowest BCUT2D eigenvalue weighted by atomic mass is 10.1. The minimum Gasteiger partial charge on any atom is -0.314 e. The van der Waals surface area contributed by atoms with Crippen LogP contribution in [0.3, 0.4) is 0 Å². The third-order valence-corrected chi connectivity index (χ3v) is 2.61. The molecular weight excluding hydrogens is 200 g/mol. The number of hydrogen-bond acceptors (Lipinski definition) is 2. The highest BCUT2D eigenvalue weighted by Gasteiger charge is 2.18. The molecule has 2 rings (SSSR count). The number of hydrogen-bond donors (Lipinski definition) is 1. The van der Waals surface area contributed by atoms with Crippen molar-refractivity contribution in [3.05, 3.63) is 28.8 Å². The summed E-state index contributed by atoms with van der Waals surface area (Å²) in [6, 6.07) is 5.60. The zero-order valence-corrected chi connectivity index (χ0v) is 8.64. The van der Waals surface area contributed by atoms with Gasteiger partial charge in [-0.05, 0) is 17.7 Å². The van der Waals surface area contributed by atoms with Crippen LogP contribution < -0.4 is 10.2 Å². The fourth-order valence-electron chi connectivity index (χ4n) is 1.56. The van der Waals surface area contributed by atoms with Crippen LogP contribution in [0.1, 0.15) is 5.56 Å². The average molecular weight is 211 g/mol. The Morgan fingerprint density at radius 2 is 2.21 bits per heavy atom. The maximum atomic E-state index is 11.5. The molecular formula is C10H11ClN2O. The number of likely N-dealkylation sites (N-methyl/N-ethyl adjacent to an activating group) is 1. The smallest absolute Gasteiger partial charge is 0.240 e. The van der Waals surface area contributed by atoms with Crippen molar-refractivity contribution in [3.63, 3.8) is 0 Å². The Hall–Kier alpha value is -1.06. The van der Waals surface area contributed by atoms with Crippen LogP contribution >= 0.6 is 11.6 Å². The number of nitrogens with zero attached hydrogens (tertiary/aromatic N) is 1. The third kappa shape index (κ3) is 1.61. The number of benzene rings is 1. The van der Waals surface area contributed by atoms with Gasteiger partial charge in [-0.1, -0.05) is 17.7 Å². The molecule has 0 spiro atoms. The normalized spacial score (nSPS) is 16.4. The molecule has 1 aromatic rings. The van der Waals surface area contributed by atoms with Crippen molar-refractivity contribution in [1.82, 2.24) is 5.32 Å². The molecule has 14 heavy (non-hydrogen) atoms. The van der Waals surface area contributed by atoms with E-state index < -0.39 is 0 Å². The predicted octanol–water partition coefficient (Wildman–Crippen LogP) is 1.41. The van der Waals surface area contributed by atoms with E-state index in [1.807, 2.05) is 18.2 Å². The Morgan fingerprint density at radius 1 is 1.43 bits per heavy atom. The van der Waals surface area contributed by atoms with Crippen molar-refractivity contribution in [1.29, 1.82) is 0 Å². The molecule has 0 bridgehead atoms. The van der Waals surface area contributed by atoms with Gasteiger partial charge in [0, 0.05) is 24.3 Å². The first-order chi connectivity index (χ1) is 6.68. The Balaban J connectivity index is 2.49. The molecule has 0 unspecified atom stereocenters. The standard InChI is InChI=1S/C10H11ClN2O/c1-13-9-4-8(11)3-2-7(9)5-12-6-10(13)14/h2-4,12H,5-6H2,1H3. The molecule has 3 nitrogen and oxygen atoms in total. The number of amides is 1. The maximum absolute atomic E-state index is 11.5. The van der Waals surface area contributed by atoms with E-state index in [-0.39, 0.29) is 5.91 Å². The first-order valence-corrected chi connectivity index (χ1v) is 4.82. The molecule has 1 amide bonds. The van der Waals surface area contributed by atoms with Crippen molar-refractivity contribution >= 4 is 23.2 Å². The van der Waals surface area contributed by atoms with Crippen LogP contribution in [0.25, 0.3) is 0 Å². The van der Waals surface area contributed by atoms with Gasteiger partial charge >= 0.3 is 0 Å². The SMILES string of the molecule is CN1C(=O)CNCc2ccc(Cl)cc21. The molecule has 4 heteroatoms. The number of halogens is 1. The van der Waals surface area contributed by atoms with Crippen LogP contribution in [0.2, 0.25) is 5.02 Å². The number of fused-ring (bicyclic) bond motifs is 1. The first-order valence-electron chi connectivity index (χ1n) is 4.44. The fourth-order valence-corrected chi connectivity index (χ4v) is 1.72. The van der Waals surface area contributed by atoms with Gasteiger partial charge < -0.3 is 10.2 Å². The largest absolute Gasteiger partial charge is 0.314 e. The van der Waals surface area contributed by atoms with Gasteiger partial charge in [-0.2, -0.15) is 0 Å². The van der Waals surface area contributed by atoms with Crippen LogP contribution in [0, 0.1) is 0 Å². The summed E-state index contributed by atoms with van der Waals surface area (Å²) < 4.78 is 0. The zero-order valence-electron chi connectivity index (χ0n) is 7.88. The number of nitrogens with one attached hydrogen (secondary N) is 1. The van der Waals surface area contributed by atoms with Gasteiger partial charge in [-0.25, -0.2) is 0 Å². The summed E-state index contributed by atoms with van der Waals surface area (Å²) in [5, 5.41) is 3.73. The van der Waals surface area contributed by atoms with E-state index in [0.29, 0.717) is 18.1 Å². The van der Waals surface area contributed by atoms with Gasteiger partial charge in [0.15, 0.2) is 0 Å². The van der Waals surface area contributed by atoms with E-state index in [2.05, 4.69) is 5.32 Å². The van der Waals surface area contributed by atoms with E-state index in [9.17, 15) is 4.79 Å². The second-order valence-corrected chi connectivity index (χ2v) is 3.77. The lowest BCUT2D eigenvalue weighted by Crippen LogP contribution is -2.32. The summed E-state index contributed by atoms with van der Waals surface area (Å²) in [6.45, 7) is 1.09. The van der Waals surface area contributed by atoms with Gasteiger partial charge in [0.05, 0.1) is 6.54 Å². The summed E-state index contributed by atoms with van der Waals surface area (Å²) in [5.41, 5.74) is 2.00. The molecule has 0 saturated carbocycles. The number of rotatable bonds is 0. The van der Waals surface area contributed by atoms with Crippen LogP contribution in [-0.4, -0.2) is 19.5 Å². The predicted molar refractivity (Wildman–Crippen MR) is 56.6 cm³/mol. The van der Waals surface area contributed by atoms with Crippen molar-refractivity contribution in [2.75, 3.05) is 18.5 Å². The van der Waals surface area contributed by atoms with Crippen molar-refractivity contribution in [3.8, 4) is 0 Å². The second kappa shape index (κ2) is 3.59. The van der Waals surface area contributed by atoms with Crippen molar-refractivity contribution in [2.24, 2.45) is 0 Å². The molecule has 0 aromatic heterocycles. The molecule has 1 aromatic carbocycles. The Labute approximate surface area is 87.7 Å². The van der Waals surface area contributed by atoms with Gasteiger partial charge in [0.1, 0.15) is 0 Å². The topological polar surface area (TPSA) is 32.3 Å². The summed E-state index contributed by atoms with van der Waals surface area (Å²) >= 11 is 5.88. The summed E-state index contributed by atoms with van der Waals surface area (Å²) in [5.74, 6) is 0.0611. The lowest BCUT2D eigenvalue weighted by Gasteiger charge is -2.16. The molecule has 0 radical (unpaired) electrons. The highest BCUT2D eigenvalue weighted by Crippen LogP contribution is 2.25. The molecule has 0 fully saturated rings. The van der Waals surface area contributed by atoms with Gasteiger partial charge in [0.25, 0.3) is 0 Å². The van der Waals surface area contributed by atoms with Gasteiger partial charge in [-0.15, -0.1) is 0 Å². The molecule has 74 valence electrons. The summed E-state index contributed by atoms with van der Waals surface area (Å²) in [7, 11) is 1.77. The van der Waals surface area contributed by atoms with E-state index in [1.165, 1.54) is 0 Å². The lowest BCUT2D eigenvalue weighted by molar-refractivity contribution is -0.117. The second-order valence-electron chi connectivity index (χ2n) is 3.33. The zero-order chi connectivity index (χ0) is 10.1. The number of carbonyl (C=O) groups is 1. The van der Waals surface area contributed by atoms with Gasteiger partial charge in [0.2, 0.25) is 5.91 Å². The van der Waals surface area contributed by atoms with E-state index in [1.54, 1.807) is 11.9 Å². The van der Waals surface area contributed by atoms with E-state index in [4.69, 9.17) is 11.6 Å². The van der Waals surface area contributed by atoms with Crippen LogP contribution in [0.4, 0.5) is 5.69 Å². The molecule has 0 atom stereocenters. The molecule has 1 aliphatic rings. The van der Waals surface area contributed by atoms with E-state index >= 15 is 0 Å². The number of anilines is 1. The molecule has 1 N–H and O–H groups in total. The maximum Gasteiger partial charge on any atom is 0.240 e. The minimum absolute atomic E-state index is 0.0611. The van der Waals surface area contributed by atoms with Crippen molar-refractivity contribution < 1.29 is 4.79 Å². The average Bonchev–Trinajstić information content (AvgIpc) is 2.30. The van der Waals surface area contributed by atoms with E-state index in [0.717, 1.165) is 11.3 Å². The molecule has 1 heterocycles. The Morgan fingerprint density at radius 3 is 3.00 bits per heavy atom. The van der Waals surface area contributed by atoms with Crippen LogP contribution in [0.15, 0.2) is 18.2 Å². The first kappa shape index (κ1) is 9.49. The van der Waals surface area contributed by atoms with Crippen LogP contribution in [-0.2, 0) is 11.3 Å². The monoisotopic (exact) mass is 210 g/mol. The Bertz CT molecular complexity index is 378. The fraction of sp³-hybridized carbons (Fsp3) is 0.300. The van der Waals surface area contributed by atoms with Gasteiger partial charge in [-0.3, -0.25) is 4.79 Å². The highest BCUT2D eigenvalue weighted by atomic mass is 35.5. The molecule has 0 saturated heterocycles. The third-order valence-electron chi connectivity index (χ3n) is 2.37. The molecule has 1 aliphatic heterocycles. The summed E-state index contributed by atoms with van der Waals surface area (Å²) in [4.78, 5) is 13.1. The highest BCUT2D eigenvalue weighted by molar-refractivity contribution is 6.31. The minimum atomic E-state index is 0.0611. The van der Waals surface area contributed by atoms with Crippen LogP contribution in [0.5, 0.6) is 0 Å². The summed E-state index contributed by atoms with van der Waals surface area (Å²) in [6.07, 6.45) is 0. The van der Waals surface area contributed by atoms with Crippen molar-refractivity contribution in [2.45, 2.75) is 6.54 Å². The Kier molecular flexibility index (Phi) is 2.44. The molecule has 0 aliphatic carbocycles. The quantitative estimate of drug-likeness (QED) is 0.702.